The first kappa shape index (κ1) is 16.4. The van der Waals surface area contributed by atoms with Gasteiger partial charge in [-0.05, 0) is 41.8 Å². The van der Waals surface area contributed by atoms with Gasteiger partial charge < -0.3 is 14.4 Å². The van der Waals surface area contributed by atoms with Crippen molar-refractivity contribution in [1.82, 2.24) is 9.88 Å². The van der Waals surface area contributed by atoms with E-state index in [2.05, 4.69) is 4.98 Å². The summed E-state index contributed by atoms with van der Waals surface area (Å²) >= 11 is 0. The van der Waals surface area contributed by atoms with Crippen molar-refractivity contribution < 1.29 is 14.3 Å². The van der Waals surface area contributed by atoms with E-state index in [1.165, 1.54) is 5.56 Å². The first-order valence-electron chi connectivity index (χ1n) is 8.58. The molecule has 0 N–H and O–H groups in total. The molecule has 0 aliphatic carbocycles. The number of carbonyl (C=O) groups is 1. The van der Waals surface area contributed by atoms with E-state index in [1.807, 2.05) is 41.3 Å². The van der Waals surface area contributed by atoms with Crippen LogP contribution in [-0.4, -0.2) is 36.6 Å². The molecule has 2 heterocycles. The third-order valence-corrected chi connectivity index (χ3v) is 4.88. The Morgan fingerprint density at radius 2 is 1.77 bits per heavy atom. The number of aromatic nitrogens is 1. The molecule has 0 unspecified atom stereocenters. The molecule has 0 spiro atoms. The lowest BCUT2D eigenvalue weighted by molar-refractivity contribution is 0.0736. The number of fused-ring (bicyclic) bond motifs is 2. The van der Waals surface area contributed by atoms with Crippen LogP contribution in [0.15, 0.2) is 48.7 Å². The lowest BCUT2D eigenvalue weighted by Gasteiger charge is -2.30. The number of amides is 1. The largest absolute Gasteiger partial charge is 0.493 e. The number of hydrogen-bond donors (Lipinski definition) is 0. The molecule has 1 aliphatic heterocycles. The minimum atomic E-state index is 0.0315. The normalized spacial score (nSPS) is 13.4. The Kier molecular flexibility index (Phi) is 4.21. The van der Waals surface area contributed by atoms with Crippen LogP contribution in [0.3, 0.4) is 0 Å². The zero-order valence-electron chi connectivity index (χ0n) is 14.9. The first-order valence-corrected chi connectivity index (χ1v) is 8.58. The van der Waals surface area contributed by atoms with E-state index in [9.17, 15) is 4.79 Å². The maximum Gasteiger partial charge on any atom is 0.254 e. The van der Waals surface area contributed by atoms with Gasteiger partial charge in [-0.2, -0.15) is 0 Å². The predicted molar refractivity (Wildman–Crippen MR) is 99.7 cm³/mol. The molecule has 1 amide bonds. The van der Waals surface area contributed by atoms with Gasteiger partial charge in [0.05, 0.1) is 25.3 Å². The van der Waals surface area contributed by atoms with Crippen LogP contribution in [0.5, 0.6) is 11.5 Å². The van der Waals surface area contributed by atoms with Crippen molar-refractivity contribution in [3.05, 3.63) is 65.4 Å². The van der Waals surface area contributed by atoms with Crippen molar-refractivity contribution in [2.75, 3.05) is 20.8 Å². The van der Waals surface area contributed by atoms with Gasteiger partial charge in [0.15, 0.2) is 11.5 Å². The van der Waals surface area contributed by atoms with Gasteiger partial charge in [0.2, 0.25) is 0 Å². The van der Waals surface area contributed by atoms with E-state index >= 15 is 0 Å². The van der Waals surface area contributed by atoms with Crippen LogP contribution in [0.1, 0.15) is 21.5 Å². The quantitative estimate of drug-likeness (QED) is 0.727. The van der Waals surface area contributed by atoms with Gasteiger partial charge in [0, 0.05) is 24.7 Å². The molecule has 4 rings (SSSR count). The van der Waals surface area contributed by atoms with Crippen molar-refractivity contribution in [3.63, 3.8) is 0 Å². The Morgan fingerprint density at radius 3 is 2.54 bits per heavy atom. The van der Waals surface area contributed by atoms with Crippen LogP contribution < -0.4 is 9.47 Å². The number of rotatable bonds is 3. The molecule has 2 aromatic carbocycles. The van der Waals surface area contributed by atoms with Crippen LogP contribution >= 0.6 is 0 Å². The number of ether oxygens (including phenoxy) is 2. The van der Waals surface area contributed by atoms with Gasteiger partial charge in [-0.25, -0.2) is 0 Å². The number of nitrogens with zero attached hydrogens (tertiary/aromatic N) is 2. The molecule has 5 heteroatoms. The van der Waals surface area contributed by atoms with Gasteiger partial charge in [-0.1, -0.05) is 18.2 Å². The molecule has 26 heavy (non-hydrogen) atoms. The summed E-state index contributed by atoms with van der Waals surface area (Å²) in [5.74, 6) is 1.45. The van der Waals surface area contributed by atoms with E-state index in [1.54, 1.807) is 26.5 Å². The molecule has 1 aliphatic rings. The number of pyridine rings is 1. The molecule has 132 valence electrons. The minimum absolute atomic E-state index is 0.0315. The van der Waals surface area contributed by atoms with Crippen LogP contribution in [0, 0.1) is 0 Å². The molecular weight excluding hydrogens is 328 g/mol. The smallest absolute Gasteiger partial charge is 0.254 e. The fourth-order valence-electron chi connectivity index (χ4n) is 3.51. The van der Waals surface area contributed by atoms with E-state index in [0.29, 0.717) is 24.4 Å². The molecule has 0 saturated carbocycles. The van der Waals surface area contributed by atoms with Crippen LogP contribution in [0.4, 0.5) is 0 Å². The lowest BCUT2D eigenvalue weighted by Crippen LogP contribution is -2.36. The van der Waals surface area contributed by atoms with Gasteiger partial charge in [0.25, 0.3) is 5.91 Å². The molecule has 3 aromatic rings. The number of para-hydroxylation sites is 1. The predicted octanol–water partition coefficient (Wildman–Crippen LogP) is 3.45. The van der Waals surface area contributed by atoms with Gasteiger partial charge in [-0.15, -0.1) is 0 Å². The van der Waals surface area contributed by atoms with Crippen molar-refractivity contribution in [1.29, 1.82) is 0 Å². The zero-order chi connectivity index (χ0) is 18.1. The van der Waals surface area contributed by atoms with Gasteiger partial charge in [-0.3, -0.25) is 9.78 Å². The summed E-state index contributed by atoms with van der Waals surface area (Å²) in [5, 5.41) is 0.887. The maximum absolute atomic E-state index is 13.1. The molecule has 0 bridgehead atoms. The third kappa shape index (κ3) is 2.75. The fourth-order valence-corrected chi connectivity index (χ4v) is 3.51. The fraction of sp³-hybridized carbons (Fsp3) is 0.238. The summed E-state index contributed by atoms with van der Waals surface area (Å²) in [6, 6.07) is 13.5. The molecule has 0 saturated heterocycles. The highest BCUT2D eigenvalue weighted by Crippen LogP contribution is 2.33. The number of carbonyl (C=O) groups excluding carboxylic acids is 1. The second kappa shape index (κ2) is 6.67. The number of methoxy groups -OCH3 is 2. The Bertz CT molecular complexity index is 979. The van der Waals surface area contributed by atoms with Crippen molar-refractivity contribution in [2.45, 2.75) is 13.0 Å². The van der Waals surface area contributed by atoms with Crippen LogP contribution in [0.2, 0.25) is 0 Å². The molecule has 0 radical (unpaired) electrons. The second-order valence-electron chi connectivity index (χ2n) is 6.33. The average Bonchev–Trinajstić information content (AvgIpc) is 2.71. The van der Waals surface area contributed by atoms with E-state index in [4.69, 9.17) is 9.47 Å². The first-order chi connectivity index (χ1) is 12.7. The number of hydrogen-bond acceptors (Lipinski definition) is 4. The van der Waals surface area contributed by atoms with Crippen molar-refractivity contribution in [2.24, 2.45) is 0 Å². The summed E-state index contributed by atoms with van der Waals surface area (Å²) in [4.78, 5) is 19.4. The van der Waals surface area contributed by atoms with Crippen molar-refractivity contribution >= 4 is 16.8 Å². The van der Waals surface area contributed by atoms with E-state index in [0.717, 1.165) is 28.6 Å². The molecular formula is C21H20N2O3. The van der Waals surface area contributed by atoms with E-state index in [-0.39, 0.29) is 5.91 Å². The standard InChI is InChI=1S/C21H20N2O3/c1-25-19-11-14-8-10-23(13-15(14)12-20(19)26-2)21(24)17-7-9-22-18-6-4-3-5-16(17)18/h3-7,9,11-12H,8,10,13H2,1-2H3. The highest BCUT2D eigenvalue weighted by Gasteiger charge is 2.24. The molecule has 0 atom stereocenters. The molecule has 5 nitrogen and oxygen atoms in total. The highest BCUT2D eigenvalue weighted by atomic mass is 16.5. The lowest BCUT2D eigenvalue weighted by atomic mass is 9.97. The summed E-state index contributed by atoms with van der Waals surface area (Å²) in [5.41, 5.74) is 3.83. The molecule has 1 aromatic heterocycles. The SMILES string of the molecule is COc1cc2c(cc1OC)CN(C(=O)c1ccnc3ccccc13)CC2. The summed E-state index contributed by atoms with van der Waals surface area (Å²) in [6.45, 7) is 1.24. The summed E-state index contributed by atoms with van der Waals surface area (Å²) in [6.07, 6.45) is 2.49. The topological polar surface area (TPSA) is 51.7 Å². The summed E-state index contributed by atoms with van der Waals surface area (Å²) in [7, 11) is 3.26. The number of benzene rings is 2. The van der Waals surface area contributed by atoms with Gasteiger partial charge in [0.1, 0.15) is 0 Å². The summed E-state index contributed by atoms with van der Waals surface area (Å²) < 4.78 is 10.8. The third-order valence-electron chi connectivity index (χ3n) is 4.88. The monoisotopic (exact) mass is 348 g/mol. The Labute approximate surface area is 152 Å². The minimum Gasteiger partial charge on any atom is -0.493 e. The van der Waals surface area contributed by atoms with Gasteiger partial charge >= 0.3 is 0 Å². The average molecular weight is 348 g/mol. The van der Waals surface area contributed by atoms with E-state index < -0.39 is 0 Å². The van der Waals surface area contributed by atoms with Crippen LogP contribution in [0.25, 0.3) is 10.9 Å². The zero-order valence-corrected chi connectivity index (χ0v) is 14.9. The van der Waals surface area contributed by atoms with Crippen LogP contribution in [-0.2, 0) is 13.0 Å². The highest BCUT2D eigenvalue weighted by molar-refractivity contribution is 6.06. The molecule has 0 fully saturated rings. The Morgan fingerprint density at radius 1 is 1.04 bits per heavy atom. The second-order valence-corrected chi connectivity index (χ2v) is 6.33. The Balaban J connectivity index is 1.67. The van der Waals surface area contributed by atoms with Crippen molar-refractivity contribution in [3.8, 4) is 11.5 Å². The maximum atomic E-state index is 13.1. The Hall–Kier alpha value is -3.08.